The zero-order chi connectivity index (χ0) is 14.5. The molecular weight excluding hydrogens is 265 g/mol. The Morgan fingerprint density at radius 2 is 1.95 bits per heavy atom. The highest BCUT2D eigenvalue weighted by Gasteiger charge is 2.31. The van der Waals surface area contributed by atoms with E-state index in [0.29, 0.717) is 12.8 Å². The minimum absolute atomic E-state index is 0.271. The highest BCUT2D eigenvalue weighted by Crippen LogP contribution is 2.46. The number of carboxylic acids is 1. The fraction of sp³-hybridized carbons (Fsp3) is 0.462. The summed E-state index contributed by atoms with van der Waals surface area (Å²) in [6.45, 7) is 1.43. The average molecular weight is 285 g/mol. The Hall–Kier alpha value is -1.16. The number of nitrogens with two attached hydrogens (primary N) is 1. The van der Waals surface area contributed by atoms with Crippen LogP contribution in [0.15, 0.2) is 30.3 Å². The molecule has 0 bridgehead atoms. The van der Waals surface area contributed by atoms with Crippen molar-refractivity contribution in [3.63, 3.8) is 0 Å². The molecule has 0 aromatic heterocycles. The van der Waals surface area contributed by atoms with Crippen molar-refractivity contribution < 1.29 is 19.4 Å². The second kappa shape index (κ2) is 6.85. The maximum Gasteiger partial charge on any atom is 0.307 e. The number of rotatable bonds is 7. The van der Waals surface area contributed by atoms with Gasteiger partial charge < -0.3 is 15.7 Å². The highest BCUT2D eigenvalue weighted by atomic mass is 31.2. The quantitative estimate of drug-likeness (QED) is 0.664. The molecule has 6 heteroatoms. The lowest BCUT2D eigenvalue weighted by Gasteiger charge is -2.19. The molecule has 0 aliphatic carbocycles. The average Bonchev–Trinajstić information content (AvgIpc) is 2.35. The van der Waals surface area contributed by atoms with Gasteiger partial charge in [-0.1, -0.05) is 30.3 Å². The number of benzene rings is 1. The molecule has 0 spiro atoms. The van der Waals surface area contributed by atoms with Crippen molar-refractivity contribution in [3.05, 3.63) is 35.9 Å². The lowest BCUT2D eigenvalue weighted by molar-refractivity contribution is -0.141. The van der Waals surface area contributed by atoms with E-state index in [-0.39, 0.29) is 6.16 Å². The van der Waals surface area contributed by atoms with Crippen molar-refractivity contribution in [1.29, 1.82) is 0 Å². The minimum atomic E-state index is -3.60. The molecule has 19 heavy (non-hydrogen) atoms. The molecule has 0 aliphatic rings. The lowest BCUT2D eigenvalue weighted by Crippen LogP contribution is -2.25. The maximum absolute atomic E-state index is 11.8. The molecule has 1 aromatic carbocycles. The Morgan fingerprint density at radius 3 is 2.42 bits per heavy atom. The molecule has 106 valence electrons. The number of aryl methyl sites for hydroxylation is 1. The zero-order valence-electron chi connectivity index (χ0n) is 10.9. The predicted octanol–water partition coefficient (Wildman–Crippen LogP) is 1.90. The molecule has 5 nitrogen and oxygen atoms in total. The molecule has 0 aliphatic heterocycles. The van der Waals surface area contributed by atoms with E-state index in [1.54, 1.807) is 0 Å². The molecule has 0 saturated heterocycles. The van der Waals surface area contributed by atoms with Gasteiger partial charge in [0.05, 0.1) is 11.7 Å². The van der Waals surface area contributed by atoms with E-state index in [1.807, 2.05) is 30.3 Å². The van der Waals surface area contributed by atoms with Crippen LogP contribution < -0.4 is 5.73 Å². The van der Waals surface area contributed by atoms with Gasteiger partial charge in [-0.05, 0) is 25.3 Å². The van der Waals surface area contributed by atoms with Gasteiger partial charge in [-0.15, -0.1) is 0 Å². The molecule has 0 radical (unpaired) electrons. The van der Waals surface area contributed by atoms with Gasteiger partial charge in [0.25, 0.3) is 0 Å². The summed E-state index contributed by atoms with van der Waals surface area (Å²) in [5.74, 6) is -2.79. The van der Waals surface area contributed by atoms with Gasteiger partial charge in [0.15, 0.2) is 0 Å². The summed E-state index contributed by atoms with van der Waals surface area (Å²) >= 11 is 0. The van der Waals surface area contributed by atoms with E-state index in [1.165, 1.54) is 6.92 Å². The molecule has 0 heterocycles. The van der Waals surface area contributed by atoms with Gasteiger partial charge in [-0.2, -0.15) is 0 Å². The molecular formula is C13H20NO4P. The Kier molecular flexibility index (Phi) is 5.73. The van der Waals surface area contributed by atoms with Gasteiger partial charge in [0.1, 0.15) is 0 Å². The Balaban J connectivity index is 2.64. The van der Waals surface area contributed by atoms with Crippen LogP contribution >= 0.6 is 7.37 Å². The fourth-order valence-electron chi connectivity index (χ4n) is 1.76. The Labute approximate surface area is 112 Å². The number of carboxylic acid groups (broad SMARTS) is 1. The van der Waals surface area contributed by atoms with E-state index >= 15 is 0 Å². The molecule has 3 atom stereocenters. The second-order valence-corrected chi connectivity index (χ2v) is 7.43. The van der Waals surface area contributed by atoms with Gasteiger partial charge in [0, 0.05) is 6.16 Å². The number of carbonyl (C=O) groups is 1. The minimum Gasteiger partial charge on any atom is -0.481 e. The van der Waals surface area contributed by atoms with Gasteiger partial charge in [-0.3, -0.25) is 9.36 Å². The van der Waals surface area contributed by atoms with Crippen molar-refractivity contribution >= 4 is 13.3 Å². The lowest BCUT2D eigenvalue weighted by atomic mass is 10.0. The third-order valence-corrected chi connectivity index (χ3v) is 5.33. The molecule has 1 rings (SSSR count). The molecule has 0 saturated carbocycles. The fourth-order valence-corrected chi connectivity index (χ4v) is 3.06. The standard InChI is InChI=1S/C13H20NO4P/c1-10(14)19(17,18)9-12(13(15)16)8-7-11-5-3-2-4-6-11/h2-6,10,12H,7-9,14H2,1H3,(H,15,16)(H,17,18)/t10-,12-/m1/s1. The Bertz CT molecular complexity index is 461. The topological polar surface area (TPSA) is 101 Å². The van der Waals surface area contributed by atoms with Crippen molar-refractivity contribution in [3.8, 4) is 0 Å². The van der Waals surface area contributed by atoms with Crippen LogP contribution in [0.25, 0.3) is 0 Å². The number of aliphatic carboxylic acids is 1. The van der Waals surface area contributed by atoms with Crippen molar-refractivity contribution in [1.82, 2.24) is 0 Å². The van der Waals surface area contributed by atoms with Crippen LogP contribution in [0.4, 0.5) is 0 Å². The van der Waals surface area contributed by atoms with Gasteiger partial charge >= 0.3 is 5.97 Å². The normalized spacial score (nSPS) is 17.4. The van der Waals surface area contributed by atoms with Crippen LogP contribution in [0.1, 0.15) is 18.9 Å². The summed E-state index contributed by atoms with van der Waals surface area (Å²) in [7, 11) is -3.60. The largest absolute Gasteiger partial charge is 0.481 e. The zero-order valence-corrected chi connectivity index (χ0v) is 11.8. The first-order valence-corrected chi connectivity index (χ1v) is 8.08. The van der Waals surface area contributed by atoms with Crippen LogP contribution in [-0.4, -0.2) is 27.9 Å². The maximum atomic E-state index is 11.8. The van der Waals surface area contributed by atoms with Crippen LogP contribution in [0.2, 0.25) is 0 Å². The van der Waals surface area contributed by atoms with Crippen LogP contribution in [0, 0.1) is 5.92 Å². The van der Waals surface area contributed by atoms with Crippen molar-refractivity contribution in [2.45, 2.75) is 25.5 Å². The molecule has 0 amide bonds. The molecule has 4 N–H and O–H groups in total. The molecule has 0 fully saturated rings. The third-order valence-electron chi connectivity index (χ3n) is 3.09. The first-order valence-electron chi connectivity index (χ1n) is 6.16. The van der Waals surface area contributed by atoms with Gasteiger partial charge in [0.2, 0.25) is 7.37 Å². The SMILES string of the molecule is C[C@H](N)P(=O)(O)C[C@@H](CCc1ccccc1)C(=O)O. The highest BCUT2D eigenvalue weighted by molar-refractivity contribution is 7.58. The first kappa shape index (κ1) is 15.9. The van der Waals surface area contributed by atoms with Crippen molar-refractivity contribution in [2.24, 2.45) is 11.7 Å². The van der Waals surface area contributed by atoms with Crippen LogP contribution in [0.3, 0.4) is 0 Å². The summed E-state index contributed by atoms with van der Waals surface area (Å²) < 4.78 is 11.8. The van der Waals surface area contributed by atoms with Gasteiger partial charge in [-0.25, -0.2) is 0 Å². The van der Waals surface area contributed by atoms with E-state index in [2.05, 4.69) is 0 Å². The summed E-state index contributed by atoms with van der Waals surface area (Å²) in [5.41, 5.74) is 6.44. The van der Waals surface area contributed by atoms with E-state index in [0.717, 1.165) is 5.56 Å². The van der Waals surface area contributed by atoms with Crippen LogP contribution in [0.5, 0.6) is 0 Å². The summed E-state index contributed by atoms with van der Waals surface area (Å²) in [6, 6.07) is 9.45. The van der Waals surface area contributed by atoms with E-state index in [9.17, 15) is 14.3 Å². The van der Waals surface area contributed by atoms with E-state index < -0.39 is 25.0 Å². The third kappa shape index (κ3) is 5.15. The van der Waals surface area contributed by atoms with Crippen LogP contribution in [-0.2, 0) is 15.8 Å². The van der Waals surface area contributed by atoms with E-state index in [4.69, 9.17) is 10.8 Å². The monoisotopic (exact) mass is 285 g/mol. The molecule has 1 unspecified atom stereocenters. The summed E-state index contributed by atoms with van der Waals surface area (Å²) in [5, 5.41) is 9.12. The summed E-state index contributed by atoms with van der Waals surface area (Å²) in [4.78, 5) is 20.8. The second-order valence-electron chi connectivity index (χ2n) is 4.74. The smallest absolute Gasteiger partial charge is 0.307 e. The first-order chi connectivity index (χ1) is 8.83. The Morgan fingerprint density at radius 1 is 1.37 bits per heavy atom. The molecule has 1 aromatic rings. The number of hydrogen-bond donors (Lipinski definition) is 3. The van der Waals surface area contributed by atoms with Crippen molar-refractivity contribution in [2.75, 3.05) is 6.16 Å². The summed E-state index contributed by atoms with van der Waals surface area (Å²) in [6.07, 6.45) is 0.625. The number of hydrogen-bond acceptors (Lipinski definition) is 3. The predicted molar refractivity (Wildman–Crippen MR) is 74.2 cm³/mol.